The van der Waals surface area contributed by atoms with E-state index >= 15 is 0 Å². The van der Waals surface area contributed by atoms with E-state index in [1.807, 2.05) is 17.6 Å². The van der Waals surface area contributed by atoms with Gasteiger partial charge in [-0.1, -0.05) is 35.9 Å². The number of carboxylic acid groups (broad SMARTS) is 1. The van der Waals surface area contributed by atoms with Gasteiger partial charge in [0.2, 0.25) is 5.43 Å². The predicted molar refractivity (Wildman–Crippen MR) is 109 cm³/mol. The fourth-order valence-electron chi connectivity index (χ4n) is 3.39. The lowest BCUT2D eigenvalue weighted by molar-refractivity contribution is 0.0695. The molecule has 1 heterocycles. The zero-order valence-corrected chi connectivity index (χ0v) is 16.1. The number of carbonyl (C=O) groups is 1. The van der Waals surface area contributed by atoms with E-state index in [4.69, 9.17) is 16.9 Å². The standard InChI is InChI=1S/C22H17ClN2O3/c1-3-25-13(2)18(15-6-4-14(12-24)5-7-15)21(26)19(22(27)28)20(25)16-8-10-17(23)11-9-16/h4-11H,3H2,1-2H3,(H,27,28). The van der Waals surface area contributed by atoms with Crippen LogP contribution in [0.4, 0.5) is 0 Å². The average Bonchev–Trinajstić information content (AvgIpc) is 2.68. The van der Waals surface area contributed by atoms with Crippen molar-refractivity contribution in [3.05, 3.63) is 80.6 Å². The van der Waals surface area contributed by atoms with E-state index in [9.17, 15) is 14.7 Å². The first-order valence-electron chi connectivity index (χ1n) is 8.66. The molecule has 3 rings (SSSR count). The van der Waals surface area contributed by atoms with Crippen LogP contribution >= 0.6 is 11.6 Å². The molecule has 0 fully saturated rings. The van der Waals surface area contributed by atoms with Crippen LogP contribution < -0.4 is 5.43 Å². The van der Waals surface area contributed by atoms with Crippen LogP contribution in [0.1, 0.15) is 28.5 Å². The molecule has 0 amide bonds. The third-order valence-electron chi connectivity index (χ3n) is 4.68. The Morgan fingerprint density at radius 2 is 1.68 bits per heavy atom. The fraction of sp³-hybridized carbons (Fsp3) is 0.136. The molecule has 0 saturated heterocycles. The van der Waals surface area contributed by atoms with Crippen molar-refractivity contribution in [1.82, 2.24) is 4.57 Å². The van der Waals surface area contributed by atoms with E-state index in [2.05, 4.69) is 0 Å². The fourth-order valence-corrected chi connectivity index (χ4v) is 3.51. The number of nitrogens with zero attached hydrogens (tertiary/aromatic N) is 2. The Hall–Kier alpha value is -3.36. The lowest BCUT2D eigenvalue weighted by Gasteiger charge is -2.21. The molecule has 5 nitrogen and oxygen atoms in total. The van der Waals surface area contributed by atoms with E-state index in [0.717, 1.165) is 0 Å². The molecule has 0 unspecified atom stereocenters. The molecule has 6 heteroatoms. The first-order valence-corrected chi connectivity index (χ1v) is 9.04. The first kappa shape index (κ1) is 19.4. The number of aromatic nitrogens is 1. The summed E-state index contributed by atoms with van der Waals surface area (Å²) in [5, 5.41) is 19.4. The minimum Gasteiger partial charge on any atom is -0.477 e. The molecule has 0 radical (unpaired) electrons. The maximum atomic E-state index is 13.2. The molecular weight excluding hydrogens is 376 g/mol. The third-order valence-corrected chi connectivity index (χ3v) is 4.93. The topological polar surface area (TPSA) is 83.1 Å². The van der Waals surface area contributed by atoms with Crippen molar-refractivity contribution in [3.8, 4) is 28.5 Å². The number of nitriles is 1. The molecule has 0 spiro atoms. The van der Waals surface area contributed by atoms with Crippen molar-refractivity contribution >= 4 is 17.6 Å². The summed E-state index contributed by atoms with van der Waals surface area (Å²) in [7, 11) is 0. The number of hydrogen-bond donors (Lipinski definition) is 1. The first-order chi connectivity index (χ1) is 13.4. The van der Waals surface area contributed by atoms with E-state index in [1.165, 1.54) is 0 Å². The molecule has 1 N–H and O–H groups in total. The second-order valence-corrected chi connectivity index (χ2v) is 6.70. The smallest absolute Gasteiger partial charge is 0.341 e. The van der Waals surface area contributed by atoms with Crippen LogP contribution in [0.25, 0.3) is 22.4 Å². The Labute approximate surface area is 167 Å². The number of benzene rings is 2. The molecule has 28 heavy (non-hydrogen) atoms. The molecular formula is C22H17ClN2O3. The van der Waals surface area contributed by atoms with Crippen LogP contribution in [0, 0.1) is 18.3 Å². The largest absolute Gasteiger partial charge is 0.477 e. The lowest BCUT2D eigenvalue weighted by atomic mass is 9.96. The highest BCUT2D eigenvalue weighted by molar-refractivity contribution is 6.30. The summed E-state index contributed by atoms with van der Waals surface area (Å²) in [6, 6.07) is 15.3. The SMILES string of the molecule is CCn1c(C)c(-c2ccc(C#N)cc2)c(=O)c(C(=O)O)c1-c1ccc(Cl)cc1. The van der Waals surface area contributed by atoms with Gasteiger partial charge >= 0.3 is 5.97 Å². The van der Waals surface area contributed by atoms with Crippen LogP contribution in [0.2, 0.25) is 5.02 Å². The van der Waals surface area contributed by atoms with Crippen LogP contribution in [0.3, 0.4) is 0 Å². The van der Waals surface area contributed by atoms with Gasteiger partial charge in [-0.25, -0.2) is 4.79 Å². The maximum Gasteiger partial charge on any atom is 0.341 e. The monoisotopic (exact) mass is 392 g/mol. The van der Waals surface area contributed by atoms with Gasteiger partial charge in [-0.2, -0.15) is 5.26 Å². The lowest BCUT2D eigenvalue weighted by Crippen LogP contribution is -2.25. The van der Waals surface area contributed by atoms with Crippen LogP contribution in [-0.4, -0.2) is 15.6 Å². The van der Waals surface area contributed by atoms with Gasteiger partial charge in [0.1, 0.15) is 5.56 Å². The molecule has 2 aromatic carbocycles. The van der Waals surface area contributed by atoms with Gasteiger partial charge in [-0.15, -0.1) is 0 Å². The summed E-state index contributed by atoms with van der Waals surface area (Å²) in [5.41, 5.74) is 2.15. The Morgan fingerprint density at radius 3 is 2.18 bits per heavy atom. The number of aromatic carboxylic acids is 1. The highest BCUT2D eigenvalue weighted by Crippen LogP contribution is 2.30. The number of hydrogen-bond acceptors (Lipinski definition) is 3. The minimum atomic E-state index is -1.29. The van der Waals surface area contributed by atoms with Crippen molar-refractivity contribution in [2.45, 2.75) is 20.4 Å². The summed E-state index contributed by atoms with van der Waals surface area (Å²) in [6.45, 7) is 4.17. The number of carboxylic acids is 1. The molecule has 1 aromatic heterocycles. The van der Waals surface area contributed by atoms with E-state index in [0.29, 0.717) is 45.2 Å². The zero-order chi connectivity index (χ0) is 20.4. The van der Waals surface area contributed by atoms with Gasteiger partial charge in [0.25, 0.3) is 0 Å². The second kappa shape index (κ2) is 7.71. The highest BCUT2D eigenvalue weighted by atomic mass is 35.5. The molecule has 0 aliphatic carbocycles. The van der Waals surface area contributed by atoms with E-state index < -0.39 is 11.4 Å². The molecule has 0 aliphatic rings. The summed E-state index contributed by atoms with van der Waals surface area (Å²) in [4.78, 5) is 25.3. The van der Waals surface area contributed by atoms with Crippen molar-refractivity contribution in [1.29, 1.82) is 5.26 Å². The number of rotatable bonds is 4. The molecule has 0 atom stereocenters. The van der Waals surface area contributed by atoms with Crippen LogP contribution in [-0.2, 0) is 6.54 Å². The Bertz CT molecular complexity index is 1150. The molecule has 140 valence electrons. The normalized spacial score (nSPS) is 10.5. The van der Waals surface area contributed by atoms with Crippen molar-refractivity contribution in [2.24, 2.45) is 0 Å². The van der Waals surface area contributed by atoms with Crippen molar-refractivity contribution in [2.75, 3.05) is 0 Å². The van der Waals surface area contributed by atoms with Gasteiger partial charge in [0.15, 0.2) is 0 Å². The second-order valence-electron chi connectivity index (χ2n) is 6.26. The summed E-state index contributed by atoms with van der Waals surface area (Å²) >= 11 is 5.96. The van der Waals surface area contributed by atoms with Crippen molar-refractivity contribution in [3.63, 3.8) is 0 Å². The van der Waals surface area contributed by atoms with Gasteiger partial charge in [-0.3, -0.25) is 4.79 Å². The minimum absolute atomic E-state index is 0.283. The quantitative estimate of drug-likeness (QED) is 0.695. The Kier molecular flexibility index (Phi) is 5.34. The van der Waals surface area contributed by atoms with Gasteiger partial charge in [-0.05, 0) is 49.2 Å². The predicted octanol–water partition coefficient (Wildman–Crippen LogP) is 4.73. The van der Waals surface area contributed by atoms with Gasteiger partial charge < -0.3 is 9.67 Å². The zero-order valence-electron chi connectivity index (χ0n) is 15.4. The van der Waals surface area contributed by atoms with Crippen LogP contribution in [0.15, 0.2) is 53.3 Å². The van der Waals surface area contributed by atoms with E-state index in [1.54, 1.807) is 55.5 Å². The molecule has 3 aromatic rings. The third kappa shape index (κ3) is 3.30. The number of pyridine rings is 1. The van der Waals surface area contributed by atoms with Crippen LogP contribution in [0.5, 0.6) is 0 Å². The number of halogens is 1. The van der Waals surface area contributed by atoms with Gasteiger partial charge in [0.05, 0.1) is 17.3 Å². The average molecular weight is 393 g/mol. The summed E-state index contributed by atoms with van der Waals surface area (Å²) in [5.74, 6) is -1.29. The van der Waals surface area contributed by atoms with E-state index in [-0.39, 0.29) is 5.56 Å². The summed E-state index contributed by atoms with van der Waals surface area (Å²) < 4.78 is 1.82. The molecule has 0 bridgehead atoms. The highest BCUT2D eigenvalue weighted by Gasteiger charge is 2.25. The van der Waals surface area contributed by atoms with Crippen molar-refractivity contribution < 1.29 is 9.90 Å². The maximum absolute atomic E-state index is 13.2. The Balaban J connectivity index is 2.40. The summed E-state index contributed by atoms with van der Waals surface area (Å²) in [6.07, 6.45) is 0. The molecule has 0 aliphatic heterocycles. The molecule has 0 saturated carbocycles. The van der Waals surface area contributed by atoms with Gasteiger partial charge in [0, 0.05) is 22.8 Å². The Morgan fingerprint density at radius 1 is 1.11 bits per heavy atom.